The van der Waals surface area contributed by atoms with Crippen LogP contribution in [0.3, 0.4) is 0 Å². The molecule has 126 valence electrons. The molecule has 24 heavy (non-hydrogen) atoms. The van der Waals surface area contributed by atoms with Crippen LogP contribution < -0.4 is 0 Å². The third-order valence-electron chi connectivity index (χ3n) is 4.93. The monoisotopic (exact) mass is 345 g/mol. The number of benzene rings is 1. The van der Waals surface area contributed by atoms with Crippen molar-refractivity contribution in [2.75, 3.05) is 0 Å². The summed E-state index contributed by atoms with van der Waals surface area (Å²) in [6.07, 6.45) is 3.22. The summed E-state index contributed by atoms with van der Waals surface area (Å²) in [5.74, 6) is 3.02. The van der Waals surface area contributed by atoms with Gasteiger partial charge >= 0.3 is 0 Å². The van der Waals surface area contributed by atoms with E-state index < -0.39 is 0 Å². The van der Waals surface area contributed by atoms with Gasteiger partial charge < -0.3 is 14.4 Å². The van der Waals surface area contributed by atoms with E-state index in [4.69, 9.17) is 16.0 Å². The van der Waals surface area contributed by atoms with Gasteiger partial charge in [0.2, 0.25) is 0 Å². The molecule has 1 aromatic carbocycles. The standard InChI is InChI=1S/C19H20ClNO3/c1-11-8-15(11)18-7-5-14(24-18)10-21(13-3-4-13)19(23)12-2-6-17(22)16(20)9-12/h2,5-7,9,11,13,15,22H,3-4,8,10H2,1H3/t11-,15-/m1/s1. The molecule has 2 aliphatic carbocycles. The largest absolute Gasteiger partial charge is 0.506 e. The van der Waals surface area contributed by atoms with E-state index in [1.165, 1.54) is 18.6 Å². The number of aromatic hydroxyl groups is 1. The van der Waals surface area contributed by atoms with Crippen molar-refractivity contribution in [2.24, 2.45) is 5.92 Å². The maximum atomic E-state index is 12.8. The Morgan fingerprint density at radius 2 is 2.08 bits per heavy atom. The summed E-state index contributed by atoms with van der Waals surface area (Å²) in [4.78, 5) is 14.7. The molecule has 5 heteroatoms. The smallest absolute Gasteiger partial charge is 0.254 e. The van der Waals surface area contributed by atoms with Crippen LogP contribution in [0.5, 0.6) is 5.75 Å². The Balaban J connectivity index is 1.52. The van der Waals surface area contributed by atoms with E-state index in [2.05, 4.69) is 6.92 Å². The maximum absolute atomic E-state index is 12.8. The Kier molecular flexibility index (Phi) is 3.80. The fraction of sp³-hybridized carbons (Fsp3) is 0.421. The van der Waals surface area contributed by atoms with Crippen molar-refractivity contribution in [3.63, 3.8) is 0 Å². The first kappa shape index (κ1) is 15.6. The molecule has 2 fully saturated rings. The second-order valence-electron chi connectivity index (χ2n) is 6.95. The topological polar surface area (TPSA) is 53.7 Å². The normalized spacial score (nSPS) is 22.4. The Hall–Kier alpha value is -1.94. The summed E-state index contributed by atoms with van der Waals surface area (Å²) in [5.41, 5.74) is 0.493. The van der Waals surface area contributed by atoms with E-state index in [0.29, 0.717) is 23.9 Å². The number of halogens is 1. The van der Waals surface area contributed by atoms with Crippen LogP contribution in [0.1, 0.15) is 54.0 Å². The Bertz CT molecular complexity index is 781. The molecule has 4 nitrogen and oxygen atoms in total. The van der Waals surface area contributed by atoms with Crippen LogP contribution in [-0.2, 0) is 6.54 Å². The van der Waals surface area contributed by atoms with Gasteiger partial charge in [0.25, 0.3) is 5.91 Å². The maximum Gasteiger partial charge on any atom is 0.254 e. The molecular formula is C19H20ClNO3. The number of phenolic OH excluding ortho intramolecular Hbond substituents is 1. The molecule has 1 heterocycles. The van der Waals surface area contributed by atoms with Gasteiger partial charge in [0.05, 0.1) is 11.6 Å². The van der Waals surface area contributed by atoms with Gasteiger partial charge in [-0.2, -0.15) is 0 Å². The minimum atomic E-state index is -0.0721. The van der Waals surface area contributed by atoms with Crippen molar-refractivity contribution in [3.05, 3.63) is 52.4 Å². The van der Waals surface area contributed by atoms with Crippen molar-refractivity contribution in [3.8, 4) is 5.75 Å². The number of phenols is 1. The summed E-state index contributed by atoms with van der Waals surface area (Å²) in [7, 11) is 0. The molecular weight excluding hydrogens is 326 g/mol. The fourth-order valence-corrected chi connectivity index (χ4v) is 3.30. The van der Waals surface area contributed by atoms with Crippen LogP contribution in [0.25, 0.3) is 0 Å². The van der Waals surface area contributed by atoms with Gasteiger partial charge in [-0.15, -0.1) is 0 Å². The van der Waals surface area contributed by atoms with Crippen molar-refractivity contribution in [1.29, 1.82) is 0 Å². The lowest BCUT2D eigenvalue weighted by Crippen LogP contribution is -2.32. The lowest BCUT2D eigenvalue weighted by atomic mass is 10.2. The zero-order valence-electron chi connectivity index (χ0n) is 13.5. The molecule has 0 unspecified atom stereocenters. The van der Waals surface area contributed by atoms with E-state index in [-0.39, 0.29) is 22.7 Å². The Morgan fingerprint density at radius 1 is 1.33 bits per heavy atom. The van der Waals surface area contributed by atoms with Gasteiger partial charge in [0.15, 0.2) is 0 Å². The Morgan fingerprint density at radius 3 is 2.71 bits per heavy atom. The first-order valence-corrected chi connectivity index (χ1v) is 8.79. The van der Waals surface area contributed by atoms with Crippen LogP contribution >= 0.6 is 11.6 Å². The van der Waals surface area contributed by atoms with Gasteiger partial charge in [-0.25, -0.2) is 0 Å². The number of nitrogens with zero attached hydrogens (tertiary/aromatic N) is 1. The number of furan rings is 1. The predicted octanol–water partition coefficient (Wildman–Crippen LogP) is 4.57. The van der Waals surface area contributed by atoms with Gasteiger partial charge in [-0.3, -0.25) is 4.79 Å². The molecule has 2 aromatic rings. The molecule has 0 spiro atoms. The first-order chi connectivity index (χ1) is 11.5. The summed E-state index contributed by atoms with van der Waals surface area (Å²) in [6, 6.07) is 8.87. The zero-order chi connectivity index (χ0) is 16.8. The zero-order valence-corrected chi connectivity index (χ0v) is 14.3. The molecule has 0 radical (unpaired) electrons. The van der Waals surface area contributed by atoms with E-state index in [0.717, 1.165) is 24.4 Å². The number of hydrogen-bond acceptors (Lipinski definition) is 3. The van der Waals surface area contributed by atoms with Crippen LogP contribution in [0.4, 0.5) is 0 Å². The quantitative estimate of drug-likeness (QED) is 0.863. The van der Waals surface area contributed by atoms with E-state index in [1.54, 1.807) is 6.07 Å². The lowest BCUT2D eigenvalue weighted by Gasteiger charge is -2.21. The van der Waals surface area contributed by atoms with E-state index in [9.17, 15) is 9.90 Å². The molecule has 4 rings (SSSR count). The second kappa shape index (κ2) is 5.85. The SMILES string of the molecule is C[C@@H]1C[C@H]1c1ccc(CN(C(=O)c2ccc(O)c(Cl)c2)C2CC2)o1. The lowest BCUT2D eigenvalue weighted by molar-refractivity contribution is 0.0716. The molecule has 0 saturated heterocycles. The van der Waals surface area contributed by atoms with Crippen LogP contribution in [-0.4, -0.2) is 22.0 Å². The summed E-state index contributed by atoms with van der Waals surface area (Å²) in [6.45, 7) is 2.70. The van der Waals surface area contributed by atoms with Crippen LogP contribution in [0.15, 0.2) is 34.7 Å². The van der Waals surface area contributed by atoms with Crippen molar-refractivity contribution in [2.45, 2.75) is 44.7 Å². The van der Waals surface area contributed by atoms with E-state index >= 15 is 0 Å². The number of carbonyl (C=O) groups is 1. The number of amides is 1. The minimum Gasteiger partial charge on any atom is -0.506 e. The molecule has 1 amide bonds. The summed E-state index contributed by atoms with van der Waals surface area (Å²) >= 11 is 5.94. The van der Waals surface area contributed by atoms with E-state index in [1.807, 2.05) is 17.0 Å². The average Bonchev–Trinajstić information content (AvgIpc) is 3.48. The third kappa shape index (κ3) is 3.03. The molecule has 1 aromatic heterocycles. The highest BCUT2D eigenvalue weighted by molar-refractivity contribution is 6.32. The van der Waals surface area contributed by atoms with Crippen LogP contribution in [0.2, 0.25) is 5.02 Å². The number of carbonyl (C=O) groups excluding carboxylic acids is 1. The second-order valence-corrected chi connectivity index (χ2v) is 7.36. The van der Waals surface area contributed by atoms with Gasteiger partial charge in [0.1, 0.15) is 17.3 Å². The molecule has 0 bridgehead atoms. The number of hydrogen-bond donors (Lipinski definition) is 1. The summed E-state index contributed by atoms with van der Waals surface area (Å²) in [5, 5.41) is 9.73. The molecule has 2 aliphatic rings. The van der Waals surface area contributed by atoms with Gasteiger partial charge in [0, 0.05) is 17.5 Å². The molecule has 0 aliphatic heterocycles. The predicted molar refractivity (Wildman–Crippen MR) is 91.2 cm³/mol. The molecule has 2 saturated carbocycles. The first-order valence-electron chi connectivity index (χ1n) is 8.41. The van der Waals surface area contributed by atoms with Crippen LogP contribution in [0, 0.1) is 5.92 Å². The Labute approximate surface area is 146 Å². The number of rotatable bonds is 5. The van der Waals surface area contributed by atoms with Crippen molar-refractivity contribution < 1.29 is 14.3 Å². The van der Waals surface area contributed by atoms with Gasteiger partial charge in [-0.05, 0) is 55.5 Å². The van der Waals surface area contributed by atoms with Crippen molar-refractivity contribution in [1.82, 2.24) is 4.90 Å². The van der Waals surface area contributed by atoms with Gasteiger partial charge in [-0.1, -0.05) is 18.5 Å². The fourth-order valence-electron chi connectivity index (χ4n) is 3.12. The highest BCUT2D eigenvalue weighted by Crippen LogP contribution is 2.47. The minimum absolute atomic E-state index is 0.0135. The highest BCUT2D eigenvalue weighted by Gasteiger charge is 2.37. The third-order valence-corrected chi connectivity index (χ3v) is 5.23. The average molecular weight is 346 g/mol. The van der Waals surface area contributed by atoms with Crippen molar-refractivity contribution >= 4 is 17.5 Å². The highest BCUT2D eigenvalue weighted by atomic mass is 35.5. The molecule has 1 N–H and O–H groups in total. The molecule has 2 atom stereocenters. The summed E-state index contributed by atoms with van der Waals surface area (Å²) < 4.78 is 5.96.